The normalized spacial score (nSPS) is 11.8. The predicted octanol–water partition coefficient (Wildman–Crippen LogP) is 15.6. The number of aromatic nitrogens is 4. The molecule has 11 aromatic carbocycles. The lowest BCUT2D eigenvalue weighted by Gasteiger charge is -2.18. The van der Waals surface area contributed by atoms with Gasteiger partial charge < -0.3 is 0 Å². The van der Waals surface area contributed by atoms with E-state index in [1.807, 2.05) is 0 Å². The third-order valence-corrected chi connectivity index (χ3v) is 12.9. The zero-order chi connectivity index (χ0) is 42.1. The molecule has 0 atom stereocenters. The van der Waals surface area contributed by atoms with Crippen LogP contribution in [0.5, 0.6) is 0 Å². The van der Waals surface area contributed by atoms with E-state index in [0.29, 0.717) is 0 Å². The second kappa shape index (κ2) is 14.5. The molecule has 2 heterocycles. The molecule has 0 radical (unpaired) electrons. The molecule has 4 heteroatoms. The number of nitrogens with zero attached hydrogens (tertiary/aromatic N) is 4. The SMILES string of the molecule is c1ccc(-n2c(-c3ccc4cc(-c5c6ccccc6c(-c6ccc7cc(-c8nc9ccccc9n8-c8ccccc8)ccc7c6)c6ccccc56)ccc4c3)nc3ccccc32)cc1. The first kappa shape index (κ1) is 36.1. The summed E-state index contributed by atoms with van der Waals surface area (Å²) >= 11 is 0. The summed E-state index contributed by atoms with van der Waals surface area (Å²) in [6.07, 6.45) is 0. The Hall–Kier alpha value is -8.60. The van der Waals surface area contributed by atoms with Crippen molar-refractivity contribution in [3.05, 3.63) is 231 Å². The van der Waals surface area contributed by atoms with Gasteiger partial charge in [0, 0.05) is 22.5 Å². The highest BCUT2D eigenvalue weighted by molar-refractivity contribution is 6.22. The lowest BCUT2D eigenvalue weighted by Crippen LogP contribution is -1.97. The van der Waals surface area contributed by atoms with Crippen molar-refractivity contribution in [2.45, 2.75) is 0 Å². The maximum Gasteiger partial charge on any atom is 0.145 e. The summed E-state index contributed by atoms with van der Waals surface area (Å²) in [6.45, 7) is 0. The summed E-state index contributed by atoms with van der Waals surface area (Å²) in [4.78, 5) is 10.3. The summed E-state index contributed by atoms with van der Waals surface area (Å²) in [7, 11) is 0. The van der Waals surface area contributed by atoms with E-state index >= 15 is 0 Å². The zero-order valence-electron chi connectivity index (χ0n) is 34.7. The largest absolute Gasteiger partial charge is 0.292 e. The Morgan fingerprint density at radius 2 is 0.578 bits per heavy atom. The van der Waals surface area contributed by atoms with Gasteiger partial charge in [-0.05, 0) is 138 Å². The molecule has 13 rings (SSSR count). The molecule has 13 aromatic rings. The van der Waals surface area contributed by atoms with Crippen LogP contribution in [0.4, 0.5) is 0 Å². The predicted molar refractivity (Wildman–Crippen MR) is 267 cm³/mol. The second-order valence-corrected chi connectivity index (χ2v) is 16.6. The summed E-state index contributed by atoms with van der Waals surface area (Å²) in [6, 6.07) is 82.9. The van der Waals surface area contributed by atoms with Gasteiger partial charge in [-0.2, -0.15) is 0 Å². The molecule has 0 saturated heterocycles. The maximum atomic E-state index is 5.15. The van der Waals surface area contributed by atoms with Crippen molar-refractivity contribution in [1.82, 2.24) is 19.1 Å². The first-order valence-corrected chi connectivity index (χ1v) is 21.8. The molecular formula is C60H38N4. The van der Waals surface area contributed by atoms with Crippen molar-refractivity contribution in [2.75, 3.05) is 0 Å². The van der Waals surface area contributed by atoms with Crippen LogP contribution in [0.2, 0.25) is 0 Å². The molecule has 0 fully saturated rings. The number of hydrogen-bond acceptors (Lipinski definition) is 2. The van der Waals surface area contributed by atoms with Gasteiger partial charge in [0.2, 0.25) is 0 Å². The molecule has 2 aromatic heterocycles. The highest BCUT2D eigenvalue weighted by Crippen LogP contribution is 2.45. The van der Waals surface area contributed by atoms with E-state index < -0.39 is 0 Å². The molecule has 64 heavy (non-hydrogen) atoms. The number of hydrogen-bond donors (Lipinski definition) is 0. The van der Waals surface area contributed by atoms with Crippen molar-refractivity contribution in [2.24, 2.45) is 0 Å². The van der Waals surface area contributed by atoms with Crippen LogP contribution in [-0.4, -0.2) is 19.1 Å². The lowest BCUT2D eigenvalue weighted by molar-refractivity contribution is 1.10. The van der Waals surface area contributed by atoms with Crippen molar-refractivity contribution < 1.29 is 0 Å². The molecule has 0 spiro atoms. The highest BCUT2D eigenvalue weighted by atomic mass is 15.1. The molecule has 0 amide bonds. The van der Waals surface area contributed by atoms with E-state index in [2.05, 4.69) is 240 Å². The molecule has 4 nitrogen and oxygen atoms in total. The van der Waals surface area contributed by atoms with E-state index in [9.17, 15) is 0 Å². The van der Waals surface area contributed by atoms with Gasteiger partial charge in [-0.25, -0.2) is 9.97 Å². The average molecular weight is 815 g/mol. The standard InChI is InChI=1S/C60H38N4/c1-3-15-47(16-4-1)63-55-25-13-11-23-53(55)61-59(63)45-33-29-39-35-43(31-27-41(39)37-45)57-49-19-7-9-21-51(49)58(52-22-10-8-20-50(52)57)44-32-28-42-38-46(34-30-40(42)36-44)60-62-54-24-12-14-26-56(54)64(60)48-17-5-2-6-18-48/h1-38H. The van der Waals surface area contributed by atoms with Crippen LogP contribution < -0.4 is 0 Å². The van der Waals surface area contributed by atoms with Crippen LogP contribution in [0.3, 0.4) is 0 Å². The molecule has 0 unspecified atom stereocenters. The fraction of sp³-hybridized carbons (Fsp3) is 0. The highest BCUT2D eigenvalue weighted by Gasteiger charge is 2.20. The number of benzene rings is 11. The second-order valence-electron chi connectivity index (χ2n) is 16.6. The summed E-state index contributed by atoms with van der Waals surface area (Å²) in [5.41, 5.74) is 13.4. The van der Waals surface area contributed by atoms with Gasteiger partial charge in [0.05, 0.1) is 22.1 Å². The van der Waals surface area contributed by atoms with Gasteiger partial charge in [-0.3, -0.25) is 9.13 Å². The Morgan fingerprint density at radius 3 is 0.969 bits per heavy atom. The fourth-order valence-corrected chi connectivity index (χ4v) is 9.95. The molecule has 0 N–H and O–H groups in total. The third-order valence-electron chi connectivity index (χ3n) is 12.9. The number of para-hydroxylation sites is 6. The minimum Gasteiger partial charge on any atom is -0.292 e. The van der Waals surface area contributed by atoms with Crippen molar-refractivity contribution in [1.29, 1.82) is 0 Å². The quantitative estimate of drug-likeness (QED) is 0.157. The van der Waals surface area contributed by atoms with Crippen molar-refractivity contribution >= 4 is 65.2 Å². The minimum atomic E-state index is 0.934. The Morgan fingerprint density at radius 1 is 0.266 bits per heavy atom. The molecule has 0 aliphatic heterocycles. The van der Waals surface area contributed by atoms with Gasteiger partial charge >= 0.3 is 0 Å². The van der Waals surface area contributed by atoms with Crippen molar-refractivity contribution in [3.8, 4) is 56.4 Å². The van der Waals surface area contributed by atoms with E-state index in [0.717, 1.165) is 56.2 Å². The molecule has 0 bridgehead atoms. The van der Waals surface area contributed by atoms with E-state index in [4.69, 9.17) is 9.97 Å². The lowest BCUT2D eigenvalue weighted by atomic mass is 9.85. The first-order chi connectivity index (χ1) is 31.7. The van der Waals surface area contributed by atoms with E-state index in [1.165, 1.54) is 65.3 Å². The van der Waals surface area contributed by atoms with Crippen molar-refractivity contribution in [3.63, 3.8) is 0 Å². The van der Waals surface area contributed by atoms with E-state index in [1.54, 1.807) is 0 Å². The van der Waals surface area contributed by atoms with Gasteiger partial charge in [-0.1, -0.05) is 158 Å². The monoisotopic (exact) mass is 814 g/mol. The molecule has 298 valence electrons. The van der Waals surface area contributed by atoms with E-state index in [-0.39, 0.29) is 0 Å². The Kier molecular flexibility index (Phi) is 8.18. The first-order valence-electron chi connectivity index (χ1n) is 21.8. The molecule has 0 aliphatic rings. The fourth-order valence-electron chi connectivity index (χ4n) is 9.95. The van der Waals surface area contributed by atoms with Crippen LogP contribution >= 0.6 is 0 Å². The molecule has 0 aliphatic carbocycles. The van der Waals surface area contributed by atoms with Crippen LogP contribution in [0.1, 0.15) is 0 Å². The maximum absolute atomic E-state index is 5.15. The third kappa shape index (κ3) is 5.77. The number of fused-ring (bicyclic) bond motifs is 6. The van der Waals surface area contributed by atoms with Crippen LogP contribution in [0.25, 0.3) is 122 Å². The molecule has 0 saturated carbocycles. The average Bonchev–Trinajstić information content (AvgIpc) is 3.95. The number of imidazole rings is 2. The van der Waals surface area contributed by atoms with Gasteiger partial charge in [0.15, 0.2) is 0 Å². The summed E-state index contributed by atoms with van der Waals surface area (Å²) < 4.78 is 4.53. The van der Waals surface area contributed by atoms with Crippen LogP contribution in [0.15, 0.2) is 231 Å². The molecular weight excluding hydrogens is 777 g/mol. The topological polar surface area (TPSA) is 35.6 Å². The van der Waals surface area contributed by atoms with Gasteiger partial charge in [0.25, 0.3) is 0 Å². The van der Waals surface area contributed by atoms with Crippen LogP contribution in [0, 0.1) is 0 Å². The number of rotatable bonds is 6. The van der Waals surface area contributed by atoms with Gasteiger partial charge in [-0.15, -0.1) is 0 Å². The Balaban J connectivity index is 0.920. The zero-order valence-corrected chi connectivity index (χ0v) is 34.7. The van der Waals surface area contributed by atoms with Gasteiger partial charge in [0.1, 0.15) is 11.6 Å². The summed E-state index contributed by atoms with van der Waals surface area (Å²) in [5.74, 6) is 1.87. The Bertz CT molecular complexity index is 3640. The summed E-state index contributed by atoms with van der Waals surface area (Å²) in [5, 5.41) is 9.67. The Labute approximate surface area is 369 Å². The minimum absolute atomic E-state index is 0.934. The van der Waals surface area contributed by atoms with Crippen LogP contribution in [-0.2, 0) is 0 Å². The smallest absolute Gasteiger partial charge is 0.145 e.